The van der Waals surface area contributed by atoms with E-state index < -0.39 is 23.8 Å². The van der Waals surface area contributed by atoms with Gasteiger partial charge in [-0.3, -0.25) is 14.2 Å². The van der Waals surface area contributed by atoms with Gasteiger partial charge in [0.1, 0.15) is 6.33 Å². The van der Waals surface area contributed by atoms with Crippen LogP contribution in [-0.2, 0) is 22.3 Å². The zero-order chi connectivity index (χ0) is 35.2. The number of amides is 2. The van der Waals surface area contributed by atoms with E-state index in [0.717, 1.165) is 10.2 Å². The summed E-state index contributed by atoms with van der Waals surface area (Å²) in [6.07, 6.45) is 6.35. The highest BCUT2D eigenvalue weighted by molar-refractivity contribution is 6.32. The molecule has 0 aliphatic rings. The number of hydrogen-bond acceptors (Lipinski definition) is 13. The molecule has 18 heteroatoms. The third-order valence-electron chi connectivity index (χ3n) is 7.44. The highest BCUT2D eigenvalue weighted by Gasteiger charge is 2.20. The summed E-state index contributed by atoms with van der Waals surface area (Å²) in [4.78, 5) is 55.2. The second kappa shape index (κ2) is 14.7. The van der Waals surface area contributed by atoms with Crippen molar-refractivity contribution >= 4 is 52.4 Å². The van der Waals surface area contributed by atoms with Crippen molar-refractivity contribution < 1.29 is 28.7 Å². The Balaban J connectivity index is 1.17. The van der Waals surface area contributed by atoms with Gasteiger partial charge in [0, 0.05) is 17.4 Å². The smallest absolute Gasteiger partial charge is 0.340 e. The van der Waals surface area contributed by atoms with Crippen molar-refractivity contribution in [1.29, 1.82) is 0 Å². The number of aryl methyl sites for hydroxylation is 2. The lowest BCUT2D eigenvalue weighted by atomic mass is 10.00. The molecule has 0 aliphatic carbocycles. The van der Waals surface area contributed by atoms with Crippen molar-refractivity contribution in [3.63, 3.8) is 0 Å². The number of carbonyl (C=O) groups excluding carboxylic acids is 4. The summed E-state index contributed by atoms with van der Waals surface area (Å²) in [5, 5.41) is 28.9. The van der Waals surface area contributed by atoms with Gasteiger partial charge in [0.15, 0.2) is 22.9 Å². The van der Waals surface area contributed by atoms with Gasteiger partial charge in [-0.2, -0.15) is 0 Å². The van der Waals surface area contributed by atoms with Crippen LogP contribution in [0.4, 0.5) is 11.4 Å². The fourth-order valence-corrected chi connectivity index (χ4v) is 5.19. The number of esters is 2. The first-order chi connectivity index (χ1) is 24.2. The van der Waals surface area contributed by atoms with Crippen molar-refractivity contribution in [2.24, 2.45) is 0 Å². The minimum Gasteiger partial charge on any atom is -0.465 e. The van der Waals surface area contributed by atoms with E-state index in [0.29, 0.717) is 41.3 Å². The van der Waals surface area contributed by atoms with Crippen LogP contribution in [0.3, 0.4) is 0 Å². The highest BCUT2D eigenvalue weighted by Crippen LogP contribution is 2.29. The molecule has 0 aliphatic heterocycles. The van der Waals surface area contributed by atoms with Crippen LogP contribution in [0.25, 0.3) is 11.5 Å². The van der Waals surface area contributed by atoms with Crippen molar-refractivity contribution in [1.82, 2.24) is 45.0 Å². The van der Waals surface area contributed by atoms with E-state index in [2.05, 4.69) is 46.4 Å². The van der Waals surface area contributed by atoms with Crippen LogP contribution in [-0.4, -0.2) is 83.0 Å². The average molecular weight is 696 g/mol. The van der Waals surface area contributed by atoms with Crippen LogP contribution in [0.1, 0.15) is 59.2 Å². The average Bonchev–Trinajstić information content (AvgIpc) is 3.85. The van der Waals surface area contributed by atoms with Crippen LogP contribution in [0.5, 0.6) is 0 Å². The number of fused-ring (bicyclic) bond motifs is 1. The first-order valence-corrected chi connectivity index (χ1v) is 15.2. The predicted octanol–water partition coefficient (Wildman–Crippen LogP) is 3.40. The lowest BCUT2D eigenvalue weighted by Gasteiger charge is -2.14. The number of anilines is 2. The molecule has 0 unspecified atom stereocenters. The predicted molar refractivity (Wildman–Crippen MR) is 176 cm³/mol. The first kappa shape index (κ1) is 33.3. The molecule has 0 radical (unpaired) electrons. The summed E-state index contributed by atoms with van der Waals surface area (Å²) >= 11 is 6.58. The summed E-state index contributed by atoms with van der Waals surface area (Å²) in [5.74, 6) is -2.04. The quantitative estimate of drug-likeness (QED) is 0.186. The zero-order valence-electron chi connectivity index (χ0n) is 26.4. The molecule has 17 nitrogen and oxygen atoms in total. The van der Waals surface area contributed by atoms with Crippen LogP contribution in [0.15, 0.2) is 73.3 Å². The molecule has 6 rings (SSSR count). The Hall–Kier alpha value is -6.62. The minimum absolute atomic E-state index is 0.0196. The third-order valence-corrected chi connectivity index (χ3v) is 7.80. The van der Waals surface area contributed by atoms with Crippen LogP contribution < -0.4 is 10.6 Å². The number of imidazole rings is 1. The van der Waals surface area contributed by atoms with E-state index in [-0.39, 0.29) is 33.9 Å². The monoisotopic (exact) mass is 695 g/mol. The molecule has 0 fully saturated rings. The molecule has 4 aromatic heterocycles. The number of benzene rings is 2. The Morgan fingerprint density at radius 2 is 1.54 bits per heavy atom. The van der Waals surface area contributed by atoms with E-state index in [9.17, 15) is 19.2 Å². The molecule has 2 aromatic carbocycles. The van der Waals surface area contributed by atoms with Crippen LogP contribution in [0, 0.1) is 0 Å². The molecule has 0 spiro atoms. The molecule has 2 amide bonds. The number of aromatic nitrogens is 9. The molecule has 2 N–H and O–H groups in total. The lowest BCUT2D eigenvalue weighted by molar-refractivity contribution is 0.0592. The van der Waals surface area contributed by atoms with Gasteiger partial charge in [-0.1, -0.05) is 17.7 Å². The standard InChI is InChI=1S/C32H26ClN11O6/c1-49-31(47)20-7-6-18(14-25(20)35-30(46)24-9-11-28-39-41-42-44(28)40-24)4-3-5-19-15-26(21(16-22(19)33)32(48)50-2)36-29(45)23-8-10-27(38-37-23)43-13-12-34-17-43/h6-17H,3-5H2,1-2H3,(H,35,46)(H,36,45). The zero-order valence-corrected chi connectivity index (χ0v) is 27.2. The van der Waals surface area contributed by atoms with Gasteiger partial charge < -0.3 is 20.1 Å². The minimum atomic E-state index is -0.691. The maximum Gasteiger partial charge on any atom is 0.340 e. The van der Waals surface area contributed by atoms with Gasteiger partial charge >= 0.3 is 11.9 Å². The number of methoxy groups -OCH3 is 2. The van der Waals surface area contributed by atoms with Crippen molar-refractivity contribution in [2.45, 2.75) is 19.3 Å². The van der Waals surface area contributed by atoms with Gasteiger partial charge in [-0.25, -0.2) is 14.6 Å². The van der Waals surface area contributed by atoms with Gasteiger partial charge in [0.25, 0.3) is 11.8 Å². The molecule has 0 saturated carbocycles. The number of nitrogens with one attached hydrogen (secondary N) is 2. The number of ether oxygens (including phenoxy) is 2. The topological polar surface area (TPSA) is 210 Å². The Bertz CT molecular complexity index is 2220. The number of carbonyl (C=O) groups is 4. The number of nitrogens with zero attached hydrogens (tertiary/aromatic N) is 9. The third kappa shape index (κ3) is 7.26. The molecular weight excluding hydrogens is 670 g/mol. The second-order valence-electron chi connectivity index (χ2n) is 10.6. The Kier molecular flexibility index (Phi) is 9.75. The molecule has 252 valence electrons. The normalized spacial score (nSPS) is 10.9. The maximum absolute atomic E-state index is 13.1. The van der Waals surface area contributed by atoms with E-state index >= 15 is 0 Å². The van der Waals surface area contributed by atoms with Crippen LogP contribution in [0.2, 0.25) is 5.02 Å². The molecule has 0 atom stereocenters. The summed E-state index contributed by atoms with van der Waals surface area (Å²) in [6, 6.07) is 14.1. The van der Waals surface area contributed by atoms with Crippen molar-refractivity contribution in [2.75, 3.05) is 24.9 Å². The molecule has 4 heterocycles. The largest absolute Gasteiger partial charge is 0.465 e. The van der Waals surface area contributed by atoms with Gasteiger partial charge in [-0.05, 0) is 89.3 Å². The fourth-order valence-electron chi connectivity index (χ4n) is 4.94. The van der Waals surface area contributed by atoms with Gasteiger partial charge in [0.05, 0.1) is 36.7 Å². The van der Waals surface area contributed by atoms with Crippen molar-refractivity contribution in [3.05, 3.63) is 112 Å². The van der Waals surface area contributed by atoms with Crippen LogP contribution >= 0.6 is 11.6 Å². The second-order valence-corrected chi connectivity index (χ2v) is 11.0. The van der Waals surface area contributed by atoms with E-state index in [1.807, 2.05) is 0 Å². The summed E-state index contributed by atoms with van der Waals surface area (Å²) < 4.78 is 12.6. The maximum atomic E-state index is 13.1. The molecule has 0 saturated heterocycles. The van der Waals surface area contributed by atoms with Gasteiger partial charge in [0.2, 0.25) is 0 Å². The Morgan fingerprint density at radius 1 is 0.800 bits per heavy atom. The van der Waals surface area contributed by atoms with E-state index in [4.69, 9.17) is 21.1 Å². The SMILES string of the molecule is COC(=O)c1cc(Cl)c(CCCc2ccc(C(=O)OC)c(NC(=O)c3ccc4nnnn4n3)c2)cc1NC(=O)c1ccc(-n2ccnc2)nn1. The number of rotatable bonds is 11. The lowest BCUT2D eigenvalue weighted by Crippen LogP contribution is -2.18. The highest BCUT2D eigenvalue weighted by atomic mass is 35.5. The summed E-state index contributed by atoms with van der Waals surface area (Å²) in [6.45, 7) is 0. The molecule has 6 aromatic rings. The van der Waals surface area contributed by atoms with E-state index in [1.54, 1.807) is 53.6 Å². The number of hydrogen-bond donors (Lipinski definition) is 2. The first-order valence-electron chi connectivity index (χ1n) is 14.9. The summed E-state index contributed by atoms with van der Waals surface area (Å²) in [7, 11) is 2.47. The fraction of sp³-hybridized carbons (Fsp3) is 0.156. The van der Waals surface area contributed by atoms with Gasteiger partial charge in [-0.15, -0.1) is 25.0 Å². The number of tetrazole rings is 1. The summed E-state index contributed by atoms with van der Waals surface area (Å²) in [5.41, 5.74) is 2.47. The van der Waals surface area contributed by atoms with Crippen molar-refractivity contribution in [3.8, 4) is 5.82 Å². The molecule has 50 heavy (non-hydrogen) atoms. The Morgan fingerprint density at radius 3 is 2.26 bits per heavy atom. The molecule has 0 bridgehead atoms. The molecular formula is C32H26ClN11O6. The van der Waals surface area contributed by atoms with E-state index in [1.165, 1.54) is 38.5 Å². The Labute approximate surface area is 287 Å². The number of halogens is 1.